The Balaban J connectivity index is 2.13. The molecule has 6 heteroatoms. The van der Waals surface area contributed by atoms with Crippen molar-refractivity contribution < 1.29 is 14.7 Å². The monoisotopic (exact) mass is 289 g/mol. The van der Waals surface area contributed by atoms with E-state index in [4.69, 9.17) is 5.11 Å². The molecule has 0 atom stereocenters. The number of hydrogen-bond donors (Lipinski definition) is 3. The third-order valence-corrected chi connectivity index (χ3v) is 3.10. The van der Waals surface area contributed by atoms with Crippen LogP contribution < -0.4 is 10.6 Å². The van der Waals surface area contributed by atoms with Gasteiger partial charge in [-0.2, -0.15) is 0 Å². The number of aryl methyl sites for hydroxylation is 1. The van der Waals surface area contributed by atoms with Crippen LogP contribution in [0.3, 0.4) is 0 Å². The summed E-state index contributed by atoms with van der Waals surface area (Å²) >= 11 is 0. The summed E-state index contributed by atoms with van der Waals surface area (Å²) in [5.74, 6) is -1.50. The molecule has 0 saturated carbocycles. The van der Waals surface area contributed by atoms with Crippen LogP contribution in [-0.2, 0) is 16.1 Å². The first kappa shape index (κ1) is 15.1. The Morgan fingerprint density at radius 2 is 2.05 bits per heavy atom. The van der Waals surface area contributed by atoms with Crippen molar-refractivity contribution >= 4 is 28.4 Å². The standard InChI is InChI=1S/C15H19N3O3/c1-2-7-18-8-5-11-3-4-12(10-13(11)18)17-15(21)14(20)16-6-9-19/h3-5,8,10,19H,2,6-7,9H2,1H3,(H,16,20)(H,17,21). The van der Waals surface area contributed by atoms with Gasteiger partial charge in [0, 0.05) is 25.0 Å². The molecule has 2 amide bonds. The van der Waals surface area contributed by atoms with Crippen LogP contribution in [0.1, 0.15) is 13.3 Å². The molecule has 6 nitrogen and oxygen atoms in total. The summed E-state index contributed by atoms with van der Waals surface area (Å²) in [6.07, 6.45) is 3.03. The highest BCUT2D eigenvalue weighted by atomic mass is 16.3. The van der Waals surface area contributed by atoms with Crippen LogP contribution in [0.5, 0.6) is 0 Å². The Labute approximate surface area is 122 Å². The lowest BCUT2D eigenvalue weighted by molar-refractivity contribution is -0.136. The fourth-order valence-corrected chi connectivity index (χ4v) is 2.14. The molecular weight excluding hydrogens is 270 g/mol. The number of rotatable bonds is 5. The van der Waals surface area contributed by atoms with Gasteiger partial charge in [0.15, 0.2) is 0 Å². The second-order valence-corrected chi connectivity index (χ2v) is 4.72. The molecule has 2 aromatic rings. The Kier molecular flexibility index (Phi) is 4.94. The first-order valence-corrected chi connectivity index (χ1v) is 6.94. The number of amides is 2. The van der Waals surface area contributed by atoms with Gasteiger partial charge in [0.1, 0.15) is 0 Å². The zero-order valence-corrected chi connectivity index (χ0v) is 11.9. The molecule has 0 radical (unpaired) electrons. The van der Waals surface area contributed by atoms with Gasteiger partial charge < -0.3 is 20.3 Å². The van der Waals surface area contributed by atoms with Crippen molar-refractivity contribution in [1.82, 2.24) is 9.88 Å². The number of nitrogens with zero attached hydrogens (tertiary/aromatic N) is 1. The largest absolute Gasteiger partial charge is 0.395 e. The maximum atomic E-state index is 11.7. The molecule has 1 aromatic carbocycles. The van der Waals surface area contributed by atoms with Crippen molar-refractivity contribution in [3.8, 4) is 0 Å². The Hall–Kier alpha value is -2.34. The van der Waals surface area contributed by atoms with Gasteiger partial charge in [-0.1, -0.05) is 13.0 Å². The zero-order valence-electron chi connectivity index (χ0n) is 11.9. The number of carbonyl (C=O) groups is 2. The van der Waals surface area contributed by atoms with E-state index < -0.39 is 11.8 Å². The molecular formula is C15H19N3O3. The zero-order chi connectivity index (χ0) is 15.2. The first-order valence-electron chi connectivity index (χ1n) is 6.94. The molecule has 0 bridgehead atoms. The molecule has 0 unspecified atom stereocenters. The molecule has 0 spiro atoms. The predicted molar refractivity (Wildman–Crippen MR) is 81.0 cm³/mol. The van der Waals surface area contributed by atoms with Crippen LogP contribution in [0.4, 0.5) is 5.69 Å². The number of aliphatic hydroxyl groups excluding tert-OH is 1. The van der Waals surface area contributed by atoms with E-state index in [1.54, 1.807) is 6.07 Å². The van der Waals surface area contributed by atoms with E-state index in [2.05, 4.69) is 22.1 Å². The van der Waals surface area contributed by atoms with Crippen LogP contribution in [0.2, 0.25) is 0 Å². The van der Waals surface area contributed by atoms with E-state index in [9.17, 15) is 9.59 Å². The van der Waals surface area contributed by atoms with Crippen molar-refractivity contribution in [1.29, 1.82) is 0 Å². The van der Waals surface area contributed by atoms with E-state index in [0.29, 0.717) is 5.69 Å². The Morgan fingerprint density at radius 1 is 1.24 bits per heavy atom. The summed E-state index contributed by atoms with van der Waals surface area (Å²) in [4.78, 5) is 23.1. The van der Waals surface area contributed by atoms with E-state index >= 15 is 0 Å². The van der Waals surface area contributed by atoms with Crippen molar-refractivity contribution in [2.75, 3.05) is 18.5 Å². The number of anilines is 1. The van der Waals surface area contributed by atoms with Crippen LogP contribution in [0.25, 0.3) is 10.9 Å². The van der Waals surface area contributed by atoms with E-state index in [1.165, 1.54) is 0 Å². The second-order valence-electron chi connectivity index (χ2n) is 4.72. The molecule has 1 aromatic heterocycles. The van der Waals surface area contributed by atoms with E-state index in [-0.39, 0.29) is 13.2 Å². The lowest BCUT2D eigenvalue weighted by Crippen LogP contribution is -2.36. The average Bonchev–Trinajstić information content (AvgIpc) is 2.88. The van der Waals surface area contributed by atoms with Gasteiger partial charge in [-0.15, -0.1) is 0 Å². The minimum atomic E-state index is -0.756. The summed E-state index contributed by atoms with van der Waals surface area (Å²) in [6, 6.07) is 7.53. The topological polar surface area (TPSA) is 83.4 Å². The van der Waals surface area contributed by atoms with Gasteiger partial charge in [0.05, 0.1) is 12.1 Å². The molecule has 0 saturated heterocycles. The molecule has 1 heterocycles. The highest BCUT2D eigenvalue weighted by Gasteiger charge is 2.13. The number of nitrogens with one attached hydrogen (secondary N) is 2. The number of hydrogen-bond acceptors (Lipinski definition) is 3. The number of aromatic nitrogens is 1. The summed E-state index contributed by atoms with van der Waals surface area (Å²) in [6.45, 7) is 2.86. The van der Waals surface area contributed by atoms with Crippen LogP contribution in [0.15, 0.2) is 30.5 Å². The minimum absolute atomic E-state index is 0.0602. The number of fused-ring (bicyclic) bond motifs is 1. The van der Waals surface area contributed by atoms with Crippen LogP contribution in [-0.4, -0.2) is 34.6 Å². The molecule has 3 N–H and O–H groups in total. The van der Waals surface area contributed by atoms with Gasteiger partial charge >= 0.3 is 11.8 Å². The van der Waals surface area contributed by atoms with Crippen molar-refractivity contribution in [3.05, 3.63) is 30.5 Å². The maximum absolute atomic E-state index is 11.7. The Morgan fingerprint density at radius 3 is 2.76 bits per heavy atom. The van der Waals surface area contributed by atoms with E-state index in [1.807, 2.05) is 24.4 Å². The average molecular weight is 289 g/mol. The second kappa shape index (κ2) is 6.90. The fourth-order valence-electron chi connectivity index (χ4n) is 2.14. The highest BCUT2D eigenvalue weighted by Crippen LogP contribution is 2.20. The van der Waals surface area contributed by atoms with E-state index in [0.717, 1.165) is 23.9 Å². The van der Waals surface area contributed by atoms with Gasteiger partial charge in [-0.25, -0.2) is 0 Å². The maximum Gasteiger partial charge on any atom is 0.313 e. The van der Waals surface area contributed by atoms with Gasteiger partial charge in [0.25, 0.3) is 0 Å². The first-order chi connectivity index (χ1) is 10.2. The Bertz CT molecular complexity index is 649. The lowest BCUT2D eigenvalue weighted by atomic mass is 10.2. The lowest BCUT2D eigenvalue weighted by Gasteiger charge is -2.07. The number of aliphatic hydroxyl groups is 1. The molecule has 0 aliphatic heterocycles. The number of benzene rings is 1. The SMILES string of the molecule is CCCn1ccc2ccc(NC(=O)C(=O)NCCO)cc21. The number of carbonyl (C=O) groups excluding carboxylic acids is 2. The third-order valence-electron chi connectivity index (χ3n) is 3.10. The molecule has 112 valence electrons. The summed E-state index contributed by atoms with van der Waals surface area (Å²) in [7, 11) is 0. The molecule has 0 aliphatic rings. The normalized spacial score (nSPS) is 10.6. The molecule has 0 fully saturated rings. The van der Waals surface area contributed by atoms with Crippen molar-refractivity contribution in [3.63, 3.8) is 0 Å². The molecule has 2 rings (SSSR count). The van der Waals surface area contributed by atoms with Crippen LogP contribution in [0, 0.1) is 0 Å². The quantitative estimate of drug-likeness (QED) is 0.721. The minimum Gasteiger partial charge on any atom is -0.395 e. The van der Waals surface area contributed by atoms with Crippen molar-refractivity contribution in [2.24, 2.45) is 0 Å². The van der Waals surface area contributed by atoms with Gasteiger partial charge in [-0.05, 0) is 30.0 Å². The summed E-state index contributed by atoms with van der Waals surface area (Å²) in [5.41, 5.74) is 1.59. The summed E-state index contributed by atoms with van der Waals surface area (Å²) in [5, 5.41) is 14.6. The fraction of sp³-hybridized carbons (Fsp3) is 0.333. The predicted octanol–water partition coefficient (Wildman–Crippen LogP) is 1.10. The van der Waals surface area contributed by atoms with Gasteiger partial charge in [-0.3, -0.25) is 9.59 Å². The van der Waals surface area contributed by atoms with Crippen molar-refractivity contribution in [2.45, 2.75) is 19.9 Å². The molecule has 21 heavy (non-hydrogen) atoms. The summed E-state index contributed by atoms with van der Waals surface area (Å²) < 4.78 is 2.11. The van der Waals surface area contributed by atoms with Crippen LogP contribution >= 0.6 is 0 Å². The molecule has 0 aliphatic carbocycles. The highest BCUT2D eigenvalue weighted by molar-refractivity contribution is 6.39. The smallest absolute Gasteiger partial charge is 0.313 e. The van der Waals surface area contributed by atoms with Gasteiger partial charge in [0.2, 0.25) is 0 Å². The third kappa shape index (κ3) is 3.61.